The number of carbonyl (C=O) groups excluding carboxylic acids is 1. The van der Waals surface area contributed by atoms with E-state index in [9.17, 15) is 18.8 Å². The van der Waals surface area contributed by atoms with Crippen molar-refractivity contribution in [3.05, 3.63) is 102 Å². The van der Waals surface area contributed by atoms with Crippen molar-refractivity contribution in [1.29, 1.82) is 5.26 Å². The van der Waals surface area contributed by atoms with E-state index in [1.165, 1.54) is 36.4 Å². The highest BCUT2D eigenvalue weighted by molar-refractivity contribution is 6.10. The molecule has 0 spiro atoms. The standard InChI is InChI=1S/C29H24F2N4O2/c1-2-3-15-37-27-14-9-20(17-26(27)31)28-22(19-35(34-28)25-7-5-4-6-8-25)16-21(18-32)29(36)33-24-12-10-23(30)11-13-24/h4-14,16-17,19H,2-3,15H2,1H3,(H,33,36)/b21-16-. The van der Waals surface area contributed by atoms with Crippen molar-refractivity contribution in [2.24, 2.45) is 0 Å². The minimum Gasteiger partial charge on any atom is -0.491 e. The summed E-state index contributed by atoms with van der Waals surface area (Å²) >= 11 is 0. The van der Waals surface area contributed by atoms with Gasteiger partial charge in [-0.3, -0.25) is 4.79 Å². The summed E-state index contributed by atoms with van der Waals surface area (Å²) in [5.74, 6) is -1.50. The van der Waals surface area contributed by atoms with Gasteiger partial charge in [0.25, 0.3) is 5.91 Å². The monoisotopic (exact) mass is 498 g/mol. The lowest BCUT2D eigenvalue weighted by atomic mass is 10.1. The van der Waals surface area contributed by atoms with Gasteiger partial charge in [-0.15, -0.1) is 0 Å². The highest BCUT2D eigenvalue weighted by Crippen LogP contribution is 2.30. The predicted molar refractivity (Wildman–Crippen MR) is 138 cm³/mol. The average molecular weight is 499 g/mol. The smallest absolute Gasteiger partial charge is 0.266 e. The minimum atomic E-state index is -0.668. The number of hydrogen-bond donors (Lipinski definition) is 1. The summed E-state index contributed by atoms with van der Waals surface area (Å²) in [5.41, 5.74) is 2.17. The number of nitriles is 1. The van der Waals surface area contributed by atoms with Gasteiger partial charge in [0.2, 0.25) is 0 Å². The molecule has 0 unspecified atom stereocenters. The quantitative estimate of drug-likeness (QED) is 0.161. The molecule has 4 rings (SSSR count). The molecule has 1 heterocycles. The first kappa shape index (κ1) is 25.3. The van der Waals surface area contributed by atoms with E-state index in [0.717, 1.165) is 18.5 Å². The van der Waals surface area contributed by atoms with Crippen LogP contribution in [0.3, 0.4) is 0 Å². The summed E-state index contributed by atoms with van der Waals surface area (Å²) in [4.78, 5) is 12.8. The van der Waals surface area contributed by atoms with Crippen molar-refractivity contribution in [2.75, 3.05) is 11.9 Å². The summed E-state index contributed by atoms with van der Waals surface area (Å²) < 4.78 is 35.1. The van der Waals surface area contributed by atoms with Crippen LogP contribution in [0.1, 0.15) is 25.3 Å². The van der Waals surface area contributed by atoms with Crippen LogP contribution in [0.25, 0.3) is 23.0 Å². The normalized spacial score (nSPS) is 11.1. The maximum Gasteiger partial charge on any atom is 0.266 e. The molecule has 0 radical (unpaired) electrons. The SMILES string of the molecule is CCCCOc1ccc(-c2nn(-c3ccccc3)cc2/C=C(/C#N)C(=O)Nc2ccc(F)cc2)cc1F. The number of rotatable bonds is 9. The van der Waals surface area contributed by atoms with Gasteiger partial charge in [-0.05, 0) is 67.1 Å². The van der Waals surface area contributed by atoms with E-state index in [4.69, 9.17) is 4.74 Å². The Morgan fingerprint density at radius 3 is 2.54 bits per heavy atom. The lowest BCUT2D eigenvalue weighted by molar-refractivity contribution is -0.112. The Kier molecular flexibility index (Phi) is 8.06. The van der Waals surface area contributed by atoms with E-state index >= 15 is 0 Å². The van der Waals surface area contributed by atoms with Crippen LogP contribution < -0.4 is 10.1 Å². The topological polar surface area (TPSA) is 79.9 Å². The van der Waals surface area contributed by atoms with Gasteiger partial charge in [0, 0.05) is 23.0 Å². The van der Waals surface area contributed by atoms with Crippen LogP contribution >= 0.6 is 0 Å². The second-order valence-electron chi connectivity index (χ2n) is 8.19. The number of aromatic nitrogens is 2. The molecule has 3 aromatic carbocycles. The fraction of sp³-hybridized carbons (Fsp3) is 0.138. The predicted octanol–water partition coefficient (Wildman–Crippen LogP) is 6.54. The number of nitrogens with one attached hydrogen (secondary N) is 1. The second-order valence-corrected chi connectivity index (χ2v) is 8.19. The third-order valence-corrected chi connectivity index (χ3v) is 5.49. The van der Waals surface area contributed by atoms with Crippen LogP contribution in [0, 0.1) is 23.0 Å². The Morgan fingerprint density at radius 1 is 1.11 bits per heavy atom. The highest BCUT2D eigenvalue weighted by Gasteiger charge is 2.17. The number of carbonyl (C=O) groups is 1. The highest BCUT2D eigenvalue weighted by atomic mass is 19.1. The molecule has 4 aromatic rings. The third kappa shape index (κ3) is 6.27. The van der Waals surface area contributed by atoms with Gasteiger partial charge in [0.1, 0.15) is 23.2 Å². The van der Waals surface area contributed by atoms with Crippen molar-refractivity contribution in [3.63, 3.8) is 0 Å². The van der Waals surface area contributed by atoms with Gasteiger partial charge < -0.3 is 10.1 Å². The van der Waals surface area contributed by atoms with Gasteiger partial charge in [-0.1, -0.05) is 31.5 Å². The van der Waals surface area contributed by atoms with Crippen LogP contribution in [0.15, 0.2) is 84.6 Å². The molecule has 0 aliphatic heterocycles. The van der Waals surface area contributed by atoms with Crippen LogP contribution in [0.2, 0.25) is 0 Å². The van der Waals surface area contributed by atoms with Crippen LogP contribution in [-0.2, 0) is 4.79 Å². The van der Waals surface area contributed by atoms with Crippen molar-refractivity contribution >= 4 is 17.7 Å². The van der Waals surface area contributed by atoms with Gasteiger partial charge in [-0.2, -0.15) is 10.4 Å². The number of nitrogens with zero attached hydrogens (tertiary/aromatic N) is 3. The fourth-order valence-electron chi connectivity index (χ4n) is 3.56. The molecular formula is C29H24F2N4O2. The zero-order chi connectivity index (χ0) is 26.2. The minimum absolute atomic E-state index is 0.146. The molecule has 37 heavy (non-hydrogen) atoms. The average Bonchev–Trinajstić information content (AvgIpc) is 3.34. The van der Waals surface area contributed by atoms with E-state index in [2.05, 4.69) is 10.4 Å². The molecule has 0 saturated carbocycles. The van der Waals surface area contributed by atoms with E-state index < -0.39 is 17.5 Å². The Bertz CT molecular complexity index is 1460. The number of amides is 1. The zero-order valence-electron chi connectivity index (χ0n) is 20.1. The molecule has 8 heteroatoms. The van der Waals surface area contributed by atoms with E-state index in [-0.39, 0.29) is 11.3 Å². The Morgan fingerprint density at radius 2 is 1.86 bits per heavy atom. The van der Waals surface area contributed by atoms with Crippen molar-refractivity contribution in [3.8, 4) is 28.8 Å². The Balaban J connectivity index is 1.71. The number of unbranched alkanes of at least 4 members (excludes halogenated alkanes) is 1. The molecule has 1 aromatic heterocycles. The van der Waals surface area contributed by atoms with Gasteiger partial charge in [0.15, 0.2) is 11.6 Å². The van der Waals surface area contributed by atoms with Crippen LogP contribution in [0.4, 0.5) is 14.5 Å². The molecule has 0 saturated heterocycles. The first-order chi connectivity index (χ1) is 18.0. The number of hydrogen-bond acceptors (Lipinski definition) is 4. The lowest BCUT2D eigenvalue weighted by Gasteiger charge is -2.08. The van der Waals surface area contributed by atoms with Gasteiger partial charge >= 0.3 is 0 Å². The third-order valence-electron chi connectivity index (χ3n) is 5.49. The molecular weight excluding hydrogens is 474 g/mol. The second kappa shape index (κ2) is 11.8. The molecule has 0 bridgehead atoms. The van der Waals surface area contributed by atoms with E-state index in [0.29, 0.717) is 29.1 Å². The first-order valence-electron chi connectivity index (χ1n) is 11.7. The molecule has 1 amide bonds. The summed E-state index contributed by atoms with van der Waals surface area (Å²) in [6.07, 6.45) is 4.80. The maximum absolute atomic E-state index is 14.8. The molecule has 1 N–H and O–H groups in total. The maximum atomic E-state index is 14.8. The number of benzene rings is 3. The summed E-state index contributed by atoms with van der Waals surface area (Å²) in [6, 6.07) is 20.9. The molecule has 0 aliphatic carbocycles. The van der Waals surface area contributed by atoms with E-state index in [1.54, 1.807) is 23.0 Å². The summed E-state index contributed by atoms with van der Waals surface area (Å²) in [6.45, 7) is 2.44. The molecule has 0 fully saturated rings. The van der Waals surface area contributed by atoms with Crippen molar-refractivity contribution < 1.29 is 18.3 Å². The number of para-hydroxylation sites is 1. The molecule has 0 atom stereocenters. The fourth-order valence-corrected chi connectivity index (χ4v) is 3.56. The van der Waals surface area contributed by atoms with Gasteiger partial charge in [0.05, 0.1) is 12.3 Å². The van der Waals surface area contributed by atoms with Crippen molar-refractivity contribution in [1.82, 2.24) is 9.78 Å². The zero-order valence-corrected chi connectivity index (χ0v) is 20.1. The van der Waals surface area contributed by atoms with Gasteiger partial charge in [-0.25, -0.2) is 13.5 Å². The Hall–Kier alpha value is -4.77. The number of anilines is 1. The number of halogens is 2. The largest absolute Gasteiger partial charge is 0.491 e. The summed E-state index contributed by atoms with van der Waals surface area (Å²) in [7, 11) is 0. The first-order valence-corrected chi connectivity index (χ1v) is 11.7. The molecule has 6 nitrogen and oxygen atoms in total. The molecule has 186 valence electrons. The van der Waals surface area contributed by atoms with Crippen molar-refractivity contribution in [2.45, 2.75) is 19.8 Å². The van der Waals surface area contributed by atoms with Crippen LogP contribution in [-0.4, -0.2) is 22.3 Å². The number of ether oxygens (including phenoxy) is 1. The lowest BCUT2D eigenvalue weighted by Crippen LogP contribution is -2.13. The summed E-state index contributed by atoms with van der Waals surface area (Å²) in [5, 5.41) is 16.9. The molecule has 0 aliphatic rings. The Labute approximate surface area is 213 Å². The van der Waals surface area contributed by atoms with E-state index in [1.807, 2.05) is 43.3 Å². The van der Waals surface area contributed by atoms with Crippen LogP contribution in [0.5, 0.6) is 5.75 Å².